The summed E-state index contributed by atoms with van der Waals surface area (Å²) in [4.78, 5) is 0. The minimum Gasteiger partial charge on any atom is -0.374 e. The molecule has 0 bridgehead atoms. The molecule has 0 aliphatic carbocycles. The molecule has 3 aromatic carbocycles. The zero-order valence-electron chi connectivity index (χ0n) is 18.3. The summed E-state index contributed by atoms with van der Waals surface area (Å²) in [5, 5.41) is 10.7. The van der Waals surface area contributed by atoms with Crippen molar-refractivity contribution in [3.8, 4) is 0 Å². The molecule has 0 aromatic heterocycles. The van der Waals surface area contributed by atoms with Crippen molar-refractivity contribution in [3.63, 3.8) is 0 Å². The molecule has 5 atom stereocenters. The van der Waals surface area contributed by atoms with E-state index in [-0.39, 0.29) is 19.8 Å². The summed E-state index contributed by atoms with van der Waals surface area (Å²) in [5.41, 5.74) is 2.80. The molecular weight excluding hydrogens is 423 g/mol. The van der Waals surface area contributed by atoms with Gasteiger partial charge in [0.15, 0.2) is 12.5 Å². The van der Waals surface area contributed by atoms with Gasteiger partial charge in [0, 0.05) is 0 Å². The Labute approximate surface area is 193 Å². The molecule has 0 saturated carbocycles. The molecule has 1 aliphatic rings. The molecule has 1 heterocycles. The quantitative estimate of drug-likeness (QED) is 0.493. The van der Waals surface area contributed by atoms with Crippen LogP contribution in [-0.2, 0) is 38.8 Å². The number of hydrogen-bond acceptors (Lipinski definition) is 5. The van der Waals surface area contributed by atoms with Crippen molar-refractivity contribution in [2.75, 3.05) is 6.61 Å². The van der Waals surface area contributed by atoms with E-state index in [1.165, 1.54) is 0 Å². The number of aliphatic hydroxyl groups is 1. The van der Waals surface area contributed by atoms with Crippen LogP contribution in [0.25, 0.3) is 0 Å². The molecule has 1 saturated heterocycles. The van der Waals surface area contributed by atoms with Crippen LogP contribution in [0.1, 0.15) is 16.7 Å². The molecule has 0 spiro atoms. The van der Waals surface area contributed by atoms with Gasteiger partial charge in [0.2, 0.25) is 0 Å². The average Bonchev–Trinajstić information content (AvgIpc) is 2.86. The summed E-state index contributed by atoms with van der Waals surface area (Å²) in [5.74, 6) is 0. The molecule has 1 N–H and O–H groups in total. The number of aliphatic hydroxyl groups excluding tert-OH is 1. The van der Waals surface area contributed by atoms with Crippen LogP contribution in [-0.4, -0.2) is 42.5 Å². The van der Waals surface area contributed by atoms with E-state index in [2.05, 4.69) is 0 Å². The first-order valence-corrected chi connectivity index (χ1v) is 11.1. The highest BCUT2D eigenvalue weighted by atomic mass is 19.1. The number of alkyl halides is 1. The van der Waals surface area contributed by atoms with E-state index in [0.29, 0.717) is 6.61 Å². The first-order chi connectivity index (χ1) is 16.2. The van der Waals surface area contributed by atoms with Gasteiger partial charge in [-0.1, -0.05) is 91.0 Å². The predicted molar refractivity (Wildman–Crippen MR) is 122 cm³/mol. The highest BCUT2D eigenvalue weighted by Gasteiger charge is 2.47. The standard InChI is InChI=1S/C27H29FO5/c28-24-23(19-30-16-20-10-4-1-5-11-20)33-27(29)26(32-18-22-14-8-3-9-15-22)25(24)31-17-21-12-6-2-7-13-21/h1-15,23-27,29H,16-19H2. The minimum absolute atomic E-state index is 0.0102. The van der Waals surface area contributed by atoms with E-state index in [9.17, 15) is 5.11 Å². The predicted octanol–water partition coefficient (Wildman–Crippen LogP) is 4.43. The van der Waals surface area contributed by atoms with Crippen molar-refractivity contribution in [1.82, 2.24) is 0 Å². The van der Waals surface area contributed by atoms with Gasteiger partial charge in [-0.2, -0.15) is 0 Å². The fourth-order valence-electron chi connectivity index (χ4n) is 3.78. The minimum atomic E-state index is -1.53. The molecule has 5 nitrogen and oxygen atoms in total. The molecule has 4 rings (SSSR count). The van der Waals surface area contributed by atoms with Crippen LogP contribution in [0.2, 0.25) is 0 Å². The van der Waals surface area contributed by atoms with Crippen molar-refractivity contribution in [2.45, 2.75) is 50.6 Å². The van der Waals surface area contributed by atoms with E-state index in [1.54, 1.807) is 0 Å². The van der Waals surface area contributed by atoms with Gasteiger partial charge in [-0.25, -0.2) is 4.39 Å². The Kier molecular flexibility index (Phi) is 8.58. The van der Waals surface area contributed by atoms with Gasteiger partial charge in [-0.15, -0.1) is 0 Å². The summed E-state index contributed by atoms with van der Waals surface area (Å²) < 4.78 is 38.7. The summed E-state index contributed by atoms with van der Waals surface area (Å²) in [6, 6.07) is 28.6. The Morgan fingerprint density at radius 2 is 1.12 bits per heavy atom. The molecular formula is C27H29FO5. The van der Waals surface area contributed by atoms with Crippen LogP contribution >= 0.6 is 0 Å². The number of halogens is 1. The number of ether oxygens (including phenoxy) is 4. The van der Waals surface area contributed by atoms with Crippen LogP contribution in [0.3, 0.4) is 0 Å². The Morgan fingerprint density at radius 1 is 0.667 bits per heavy atom. The highest BCUT2D eigenvalue weighted by Crippen LogP contribution is 2.29. The normalized spacial score (nSPS) is 25.1. The summed E-state index contributed by atoms with van der Waals surface area (Å²) in [7, 11) is 0. The monoisotopic (exact) mass is 452 g/mol. The number of hydrogen-bond donors (Lipinski definition) is 1. The van der Waals surface area contributed by atoms with Gasteiger partial charge in [0.05, 0.1) is 26.4 Å². The van der Waals surface area contributed by atoms with E-state index in [0.717, 1.165) is 16.7 Å². The molecule has 3 aromatic rings. The maximum atomic E-state index is 15.6. The fourth-order valence-corrected chi connectivity index (χ4v) is 3.78. The largest absolute Gasteiger partial charge is 0.374 e. The van der Waals surface area contributed by atoms with Crippen LogP contribution < -0.4 is 0 Å². The second kappa shape index (κ2) is 12.0. The summed E-state index contributed by atoms with van der Waals surface area (Å²) in [6.07, 6.45) is -5.83. The van der Waals surface area contributed by atoms with Gasteiger partial charge >= 0.3 is 0 Å². The lowest BCUT2D eigenvalue weighted by molar-refractivity contribution is -0.298. The van der Waals surface area contributed by atoms with Gasteiger partial charge in [-0.3, -0.25) is 0 Å². The van der Waals surface area contributed by atoms with Crippen molar-refractivity contribution in [1.29, 1.82) is 0 Å². The maximum Gasteiger partial charge on any atom is 0.184 e. The third-order valence-electron chi connectivity index (χ3n) is 5.55. The molecule has 33 heavy (non-hydrogen) atoms. The first-order valence-electron chi connectivity index (χ1n) is 11.1. The second-order valence-electron chi connectivity index (χ2n) is 8.03. The van der Waals surface area contributed by atoms with Crippen LogP contribution in [0.15, 0.2) is 91.0 Å². The molecule has 6 heteroatoms. The maximum absolute atomic E-state index is 15.6. The highest BCUT2D eigenvalue weighted by molar-refractivity contribution is 5.15. The first kappa shape index (κ1) is 23.5. The van der Waals surface area contributed by atoms with E-state index < -0.39 is 30.8 Å². The topological polar surface area (TPSA) is 57.2 Å². The third kappa shape index (κ3) is 6.69. The smallest absolute Gasteiger partial charge is 0.184 e. The van der Waals surface area contributed by atoms with Crippen LogP contribution in [0, 0.1) is 0 Å². The zero-order chi connectivity index (χ0) is 22.9. The molecule has 5 unspecified atom stereocenters. The SMILES string of the molecule is OC1OC(COCc2ccccc2)C(F)C(OCc2ccccc2)C1OCc1ccccc1. The molecule has 174 valence electrons. The van der Waals surface area contributed by atoms with E-state index in [4.69, 9.17) is 18.9 Å². The Morgan fingerprint density at radius 3 is 1.64 bits per heavy atom. The van der Waals surface area contributed by atoms with Gasteiger partial charge in [-0.05, 0) is 16.7 Å². The van der Waals surface area contributed by atoms with E-state index >= 15 is 4.39 Å². The summed E-state index contributed by atoms with van der Waals surface area (Å²) in [6.45, 7) is 0.719. The molecule has 0 amide bonds. The van der Waals surface area contributed by atoms with Crippen LogP contribution in [0.4, 0.5) is 4.39 Å². The third-order valence-corrected chi connectivity index (χ3v) is 5.55. The lowest BCUT2D eigenvalue weighted by Crippen LogP contribution is -2.58. The van der Waals surface area contributed by atoms with Gasteiger partial charge in [0.25, 0.3) is 0 Å². The van der Waals surface area contributed by atoms with Crippen molar-refractivity contribution < 1.29 is 28.4 Å². The van der Waals surface area contributed by atoms with Crippen molar-refractivity contribution >= 4 is 0 Å². The van der Waals surface area contributed by atoms with Crippen LogP contribution in [0.5, 0.6) is 0 Å². The number of benzene rings is 3. The van der Waals surface area contributed by atoms with Gasteiger partial charge < -0.3 is 24.1 Å². The van der Waals surface area contributed by atoms with E-state index in [1.807, 2.05) is 91.0 Å². The Bertz CT molecular complexity index is 941. The second-order valence-corrected chi connectivity index (χ2v) is 8.03. The van der Waals surface area contributed by atoms with Crippen molar-refractivity contribution in [2.24, 2.45) is 0 Å². The Hall–Kier alpha value is -2.61. The lowest BCUT2D eigenvalue weighted by atomic mass is 9.99. The van der Waals surface area contributed by atoms with Gasteiger partial charge in [0.1, 0.15) is 18.3 Å². The number of rotatable bonds is 10. The summed E-state index contributed by atoms with van der Waals surface area (Å²) >= 11 is 0. The molecule has 0 radical (unpaired) electrons. The lowest BCUT2D eigenvalue weighted by Gasteiger charge is -2.41. The average molecular weight is 453 g/mol. The molecule has 1 aliphatic heterocycles. The van der Waals surface area contributed by atoms with Crippen molar-refractivity contribution in [3.05, 3.63) is 108 Å². The Balaban J connectivity index is 1.41. The fraction of sp³-hybridized carbons (Fsp3) is 0.333. The molecule has 1 fully saturated rings. The zero-order valence-corrected chi connectivity index (χ0v) is 18.3.